The number of guanidine groups is 1. The Bertz CT molecular complexity index is 488. The molecule has 0 unspecified atom stereocenters. The lowest BCUT2D eigenvalue weighted by molar-refractivity contribution is 0.633. The van der Waals surface area contributed by atoms with Gasteiger partial charge in [-0.3, -0.25) is 0 Å². The third-order valence-corrected chi connectivity index (χ3v) is 4.27. The van der Waals surface area contributed by atoms with Gasteiger partial charge in [-0.15, -0.1) is 35.3 Å². The molecule has 0 aliphatic heterocycles. The predicted octanol–water partition coefficient (Wildman–Crippen LogP) is 3.73. The second kappa shape index (κ2) is 10.2. The molecule has 6 heteroatoms. The second-order valence-corrected chi connectivity index (χ2v) is 7.00. The number of thiazole rings is 1. The minimum Gasteiger partial charge on any atom is -0.357 e. The summed E-state index contributed by atoms with van der Waals surface area (Å²) in [6, 6.07) is 0.487. The minimum absolute atomic E-state index is 0. The van der Waals surface area contributed by atoms with E-state index in [1.165, 1.54) is 9.88 Å². The van der Waals surface area contributed by atoms with Gasteiger partial charge in [0, 0.05) is 30.1 Å². The molecule has 0 radical (unpaired) electrons. The Morgan fingerprint density at radius 1 is 1.41 bits per heavy atom. The number of aromatic nitrogens is 1. The summed E-state index contributed by atoms with van der Waals surface area (Å²) in [6.45, 7) is 8.13. The highest BCUT2D eigenvalue weighted by atomic mass is 127. The number of hydrogen-bond acceptors (Lipinski definition) is 3. The molecule has 0 aromatic carbocycles. The minimum atomic E-state index is 0. The summed E-state index contributed by atoms with van der Waals surface area (Å²) in [5.41, 5.74) is 0. The van der Waals surface area contributed by atoms with Gasteiger partial charge in [0.15, 0.2) is 5.96 Å². The first-order valence-electron chi connectivity index (χ1n) is 7.80. The highest BCUT2D eigenvalue weighted by Gasteiger charge is 2.11. The SMILES string of the molecule is CCNC(=NCc1cnc(CC(C)C)s1)NC1CC=CC1.I. The molecule has 22 heavy (non-hydrogen) atoms. The first kappa shape index (κ1) is 19.4. The van der Waals surface area contributed by atoms with Crippen LogP contribution in [-0.2, 0) is 13.0 Å². The topological polar surface area (TPSA) is 49.3 Å². The lowest BCUT2D eigenvalue weighted by Crippen LogP contribution is -2.42. The van der Waals surface area contributed by atoms with Crippen molar-refractivity contribution in [3.63, 3.8) is 0 Å². The predicted molar refractivity (Wildman–Crippen MR) is 106 cm³/mol. The highest BCUT2D eigenvalue weighted by molar-refractivity contribution is 14.0. The Morgan fingerprint density at radius 2 is 2.14 bits per heavy atom. The van der Waals surface area contributed by atoms with E-state index in [4.69, 9.17) is 0 Å². The fourth-order valence-electron chi connectivity index (χ4n) is 2.27. The van der Waals surface area contributed by atoms with Crippen molar-refractivity contribution in [2.45, 2.75) is 52.6 Å². The van der Waals surface area contributed by atoms with Gasteiger partial charge in [-0.1, -0.05) is 26.0 Å². The van der Waals surface area contributed by atoms with Gasteiger partial charge in [-0.25, -0.2) is 9.98 Å². The Labute approximate surface area is 154 Å². The third kappa shape index (κ3) is 6.64. The number of rotatable bonds is 6. The van der Waals surface area contributed by atoms with Crippen LogP contribution in [0.15, 0.2) is 23.3 Å². The maximum absolute atomic E-state index is 4.68. The van der Waals surface area contributed by atoms with E-state index in [1.807, 2.05) is 6.20 Å². The zero-order valence-electron chi connectivity index (χ0n) is 13.6. The standard InChI is InChI=1S/C16H26N4S.HI/c1-4-17-16(20-13-7-5-6-8-13)19-11-14-10-18-15(21-14)9-12(2)3;/h5-6,10,12-13H,4,7-9,11H2,1-3H3,(H2,17,19,20);1H. The van der Waals surface area contributed by atoms with Crippen LogP contribution in [0.3, 0.4) is 0 Å². The lowest BCUT2D eigenvalue weighted by atomic mass is 10.1. The van der Waals surface area contributed by atoms with E-state index < -0.39 is 0 Å². The van der Waals surface area contributed by atoms with E-state index in [-0.39, 0.29) is 24.0 Å². The van der Waals surface area contributed by atoms with E-state index >= 15 is 0 Å². The highest BCUT2D eigenvalue weighted by Crippen LogP contribution is 2.17. The normalized spacial score (nSPS) is 15.2. The van der Waals surface area contributed by atoms with Crippen molar-refractivity contribution in [1.29, 1.82) is 0 Å². The van der Waals surface area contributed by atoms with Crippen LogP contribution >= 0.6 is 35.3 Å². The van der Waals surface area contributed by atoms with Gasteiger partial charge in [0.25, 0.3) is 0 Å². The largest absolute Gasteiger partial charge is 0.357 e. The molecule has 2 rings (SSSR count). The summed E-state index contributed by atoms with van der Waals surface area (Å²) in [5.74, 6) is 1.56. The molecule has 0 atom stereocenters. The smallest absolute Gasteiger partial charge is 0.191 e. The summed E-state index contributed by atoms with van der Waals surface area (Å²) >= 11 is 1.78. The van der Waals surface area contributed by atoms with Crippen LogP contribution in [0.4, 0.5) is 0 Å². The zero-order chi connectivity index (χ0) is 15.1. The summed E-state index contributed by atoms with van der Waals surface area (Å²) in [7, 11) is 0. The van der Waals surface area contributed by atoms with Gasteiger partial charge in [-0.05, 0) is 25.7 Å². The van der Waals surface area contributed by atoms with Crippen molar-refractivity contribution < 1.29 is 0 Å². The number of nitrogens with one attached hydrogen (secondary N) is 2. The van der Waals surface area contributed by atoms with Crippen molar-refractivity contribution in [3.8, 4) is 0 Å². The Kier molecular flexibility index (Phi) is 9.00. The van der Waals surface area contributed by atoms with Crippen LogP contribution in [0, 0.1) is 5.92 Å². The summed E-state index contributed by atoms with van der Waals surface area (Å²) < 4.78 is 0. The van der Waals surface area contributed by atoms with Crippen molar-refractivity contribution >= 4 is 41.3 Å². The van der Waals surface area contributed by atoms with Gasteiger partial charge < -0.3 is 10.6 Å². The second-order valence-electron chi connectivity index (χ2n) is 5.80. The maximum atomic E-state index is 4.68. The Morgan fingerprint density at radius 3 is 2.77 bits per heavy atom. The average Bonchev–Trinajstić information content (AvgIpc) is 3.07. The lowest BCUT2D eigenvalue weighted by Gasteiger charge is -2.16. The summed E-state index contributed by atoms with van der Waals surface area (Å²) in [4.78, 5) is 10.4. The molecule has 0 bridgehead atoms. The number of hydrogen-bond donors (Lipinski definition) is 2. The molecule has 0 amide bonds. The molecule has 0 saturated heterocycles. The van der Waals surface area contributed by atoms with E-state index in [0.29, 0.717) is 18.5 Å². The van der Waals surface area contributed by atoms with Crippen LogP contribution in [0.2, 0.25) is 0 Å². The molecule has 0 spiro atoms. The average molecular weight is 434 g/mol. The quantitative estimate of drug-likeness (QED) is 0.311. The first-order chi connectivity index (χ1) is 10.2. The van der Waals surface area contributed by atoms with Crippen molar-refractivity contribution in [2.75, 3.05) is 6.54 Å². The molecule has 1 heterocycles. The van der Waals surface area contributed by atoms with E-state index in [1.54, 1.807) is 11.3 Å². The van der Waals surface area contributed by atoms with E-state index in [9.17, 15) is 0 Å². The fraction of sp³-hybridized carbons (Fsp3) is 0.625. The molecule has 0 saturated carbocycles. The molecule has 1 aliphatic rings. The molecule has 1 aliphatic carbocycles. The van der Waals surface area contributed by atoms with Crippen molar-refractivity contribution in [3.05, 3.63) is 28.2 Å². The van der Waals surface area contributed by atoms with Gasteiger partial charge in [0.2, 0.25) is 0 Å². The van der Waals surface area contributed by atoms with Crippen LogP contribution in [-0.4, -0.2) is 23.5 Å². The molecule has 1 aromatic rings. The van der Waals surface area contributed by atoms with Crippen LogP contribution < -0.4 is 10.6 Å². The number of nitrogens with zero attached hydrogens (tertiary/aromatic N) is 2. The van der Waals surface area contributed by atoms with Crippen LogP contribution in [0.1, 0.15) is 43.5 Å². The summed E-state index contributed by atoms with van der Waals surface area (Å²) in [6.07, 6.45) is 9.64. The number of halogens is 1. The van der Waals surface area contributed by atoms with Crippen LogP contribution in [0.5, 0.6) is 0 Å². The Balaban J connectivity index is 0.00000242. The molecular weight excluding hydrogens is 407 g/mol. The van der Waals surface area contributed by atoms with Gasteiger partial charge in [0.1, 0.15) is 0 Å². The molecule has 2 N–H and O–H groups in total. The maximum Gasteiger partial charge on any atom is 0.191 e. The Hall–Kier alpha value is -0.630. The van der Waals surface area contributed by atoms with E-state index in [0.717, 1.165) is 31.8 Å². The van der Waals surface area contributed by atoms with E-state index in [2.05, 4.69) is 53.5 Å². The summed E-state index contributed by atoms with van der Waals surface area (Å²) in [5, 5.41) is 8.02. The third-order valence-electron chi connectivity index (χ3n) is 3.27. The molecular formula is C16H27IN4S. The van der Waals surface area contributed by atoms with Crippen LogP contribution in [0.25, 0.3) is 0 Å². The van der Waals surface area contributed by atoms with Crippen molar-refractivity contribution in [2.24, 2.45) is 10.9 Å². The molecule has 4 nitrogen and oxygen atoms in total. The number of aliphatic imine (C=N–C) groups is 1. The molecule has 0 fully saturated rings. The molecule has 124 valence electrons. The van der Waals surface area contributed by atoms with Crippen molar-refractivity contribution in [1.82, 2.24) is 15.6 Å². The fourth-order valence-corrected chi connectivity index (χ4v) is 3.33. The van der Waals surface area contributed by atoms with Gasteiger partial charge >= 0.3 is 0 Å². The monoisotopic (exact) mass is 434 g/mol. The zero-order valence-corrected chi connectivity index (χ0v) is 16.8. The van der Waals surface area contributed by atoms with Gasteiger partial charge in [-0.2, -0.15) is 0 Å². The molecule has 1 aromatic heterocycles. The first-order valence-corrected chi connectivity index (χ1v) is 8.62. The van der Waals surface area contributed by atoms with Gasteiger partial charge in [0.05, 0.1) is 11.6 Å².